The summed E-state index contributed by atoms with van der Waals surface area (Å²) >= 11 is 1.30. The van der Waals surface area contributed by atoms with E-state index in [0.717, 1.165) is 34.8 Å². The van der Waals surface area contributed by atoms with Crippen LogP contribution in [0.25, 0.3) is 11.8 Å². The summed E-state index contributed by atoms with van der Waals surface area (Å²) in [5.41, 5.74) is 5.05. The van der Waals surface area contributed by atoms with E-state index in [2.05, 4.69) is 4.57 Å². The maximum atomic E-state index is 14.3. The van der Waals surface area contributed by atoms with E-state index in [1.165, 1.54) is 11.3 Å². The standard InChI is InChI=1S/C34H35N3O7S/c1-7-9-25-30(33(39)42-8-2)31(24-17-23(40-5)11-13-26(24)41-6)37-32(38)29(45-34(37)35-25)15-21-14-19(3)36(20(21)4)22-10-12-27-28(16-22)44-18-43-27/h10-17,31H,7-9,18H2,1-6H3. The highest BCUT2D eigenvalue weighted by molar-refractivity contribution is 7.07. The summed E-state index contributed by atoms with van der Waals surface area (Å²) in [6.07, 6.45) is 3.19. The topological polar surface area (TPSA) is 103 Å². The first-order valence-corrected chi connectivity index (χ1v) is 15.6. The normalized spacial score (nSPS) is 15.6. The van der Waals surface area contributed by atoms with Gasteiger partial charge in [0.25, 0.3) is 5.56 Å². The number of rotatable bonds is 9. The lowest BCUT2D eigenvalue weighted by Gasteiger charge is -2.27. The number of carbonyl (C=O) groups is 1. The molecule has 2 aliphatic heterocycles. The number of thiazole rings is 1. The van der Waals surface area contributed by atoms with Crippen LogP contribution in [0.2, 0.25) is 0 Å². The van der Waals surface area contributed by atoms with Gasteiger partial charge in [-0.05, 0) is 75.2 Å². The molecule has 11 heteroatoms. The van der Waals surface area contributed by atoms with Gasteiger partial charge in [-0.1, -0.05) is 24.7 Å². The third kappa shape index (κ3) is 5.31. The van der Waals surface area contributed by atoms with Gasteiger partial charge >= 0.3 is 5.97 Å². The Morgan fingerprint density at radius 2 is 1.87 bits per heavy atom. The Hall–Kier alpha value is -4.77. The Morgan fingerprint density at radius 1 is 1.07 bits per heavy atom. The van der Waals surface area contributed by atoms with Crippen LogP contribution < -0.4 is 33.8 Å². The lowest BCUT2D eigenvalue weighted by atomic mass is 9.93. The predicted molar refractivity (Wildman–Crippen MR) is 171 cm³/mol. The van der Waals surface area contributed by atoms with Crippen molar-refractivity contribution in [3.8, 4) is 28.7 Å². The molecule has 234 valence electrons. The molecule has 45 heavy (non-hydrogen) atoms. The number of allylic oxidation sites excluding steroid dienone is 1. The molecule has 2 aliphatic rings. The minimum absolute atomic E-state index is 0.188. The largest absolute Gasteiger partial charge is 0.497 e. The summed E-state index contributed by atoms with van der Waals surface area (Å²) in [6, 6.07) is 12.4. The van der Waals surface area contributed by atoms with Crippen molar-refractivity contribution in [1.82, 2.24) is 9.13 Å². The molecule has 0 amide bonds. The van der Waals surface area contributed by atoms with E-state index in [4.69, 9.17) is 28.7 Å². The fourth-order valence-electron chi connectivity index (χ4n) is 5.96. The Morgan fingerprint density at radius 3 is 2.60 bits per heavy atom. The number of hydrogen-bond donors (Lipinski definition) is 0. The molecule has 0 spiro atoms. The zero-order valence-electron chi connectivity index (χ0n) is 26.1. The van der Waals surface area contributed by atoms with E-state index >= 15 is 0 Å². The lowest BCUT2D eigenvalue weighted by molar-refractivity contribution is -0.139. The number of ether oxygens (including phenoxy) is 5. The van der Waals surface area contributed by atoms with E-state index in [0.29, 0.717) is 49.8 Å². The van der Waals surface area contributed by atoms with Crippen LogP contribution in [0.1, 0.15) is 55.2 Å². The number of aromatic nitrogens is 2. The summed E-state index contributed by atoms with van der Waals surface area (Å²) in [5, 5.41) is 0. The Bertz CT molecular complexity index is 2020. The van der Waals surface area contributed by atoms with Gasteiger partial charge in [-0.2, -0.15) is 0 Å². The van der Waals surface area contributed by atoms with Gasteiger partial charge < -0.3 is 28.3 Å². The van der Waals surface area contributed by atoms with Crippen molar-refractivity contribution < 1.29 is 28.5 Å². The van der Waals surface area contributed by atoms with Crippen molar-refractivity contribution >= 4 is 23.4 Å². The molecule has 2 aromatic heterocycles. The van der Waals surface area contributed by atoms with Gasteiger partial charge in [-0.3, -0.25) is 9.36 Å². The number of hydrogen-bond acceptors (Lipinski definition) is 9. The van der Waals surface area contributed by atoms with Crippen molar-refractivity contribution in [3.63, 3.8) is 0 Å². The number of aryl methyl sites for hydroxylation is 1. The Balaban J connectivity index is 1.55. The number of benzene rings is 2. The van der Waals surface area contributed by atoms with Crippen LogP contribution in [0.3, 0.4) is 0 Å². The molecule has 6 rings (SSSR count). The molecule has 1 atom stereocenters. The number of carbonyl (C=O) groups excluding carboxylic acids is 1. The van der Waals surface area contributed by atoms with E-state index < -0.39 is 12.0 Å². The summed E-state index contributed by atoms with van der Waals surface area (Å²) in [5.74, 6) is 1.99. The second kappa shape index (κ2) is 12.3. The van der Waals surface area contributed by atoms with Crippen LogP contribution in [-0.2, 0) is 9.53 Å². The molecule has 0 fully saturated rings. The minimum Gasteiger partial charge on any atom is -0.497 e. The van der Waals surface area contributed by atoms with Gasteiger partial charge in [0.2, 0.25) is 6.79 Å². The predicted octanol–water partition coefficient (Wildman–Crippen LogP) is 4.73. The highest BCUT2D eigenvalue weighted by atomic mass is 32.1. The number of fused-ring (bicyclic) bond motifs is 2. The van der Waals surface area contributed by atoms with E-state index in [1.807, 2.05) is 51.1 Å². The SMILES string of the molecule is CCCC1=C(C(=O)OCC)C(c2cc(OC)ccc2OC)n2c(sc(=Cc3cc(C)n(-c4ccc5c(c4)OCO5)c3C)c2=O)=N1. The first-order chi connectivity index (χ1) is 21.8. The molecular formula is C34H35N3O7S. The van der Waals surface area contributed by atoms with Gasteiger partial charge in [0.15, 0.2) is 16.3 Å². The Labute approximate surface area is 264 Å². The zero-order chi connectivity index (χ0) is 31.8. The number of esters is 1. The molecule has 0 saturated carbocycles. The molecule has 0 aliphatic carbocycles. The Kier molecular flexibility index (Phi) is 8.28. The average molecular weight is 630 g/mol. The quantitative estimate of drug-likeness (QED) is 0.247. The van der Waals surface area contributed by atoms with Gasteiger partial charge in [-0.25, -0.2) is 9.79 Å². The molecule has 2 aromatic carbocycles. The van der Waals surface area contributed by atoms with Crippen molar-refractivity contribution in [1.29, 1.82) is 0 Å². The first-order valence-electron chi connectivity index (χ1n) is 14.8. The van der Waals surface area contributed by atoms with Crippen LogP contribution >= 0.6 is 11.3 Å². The molecule has 0 saturated heterocycles. The second-order valence-corrected chi connectivity index (χ2v) is 11.7. The molecule has 4 aromatic rings. The summed E-state index contributed by atoms with van der Waals surface area (Å²) in [6.45, 7) is 8.21. The highest BCUT2D eigenvalue weighted by Gasteiger charge is 2.36. The van der Waals surface area contributed by atoms with Crippen LogP contribution in [0.15, 0.2) is 63.5 Å². The van der Waals surface area contributed by atoms with Gasteiger partial charge in [-0.15, -0.1) is 0 Å². The fourth-order valence-corrected chi connectivity index (χ4v) is 6.98. The van der Waals surface area contributed by atoms with Crippen molar-refractivity contribution in [3.05, 3.63) is 95.9 Å². The fraction of sp³-hybridized carbons (Fsp3) is 0.324. The second-order valence-electron chi connectivity index (χ2n) is 10.7. The molecule has 4 heterocycles. The summed E-state index contributed by atoms with van der Waals surface area (Å²) in [7, 11) is 3.13. The third-order valence-electron chi connectivity index (χ3n) is 7.99. The summed E-state index contributed by atoms with van der Waals surface area (Å²) in [4.78, 5) is 33.3. The first kappa shape index (κ1) is 30.3. The van der Waals surface area contributed by atoms with Crippen LogP contribution in [-0.4, -0.2) is 42.7 Å². The van der Waals surface area contributed by atoms with Gasteiger partial charge in [0, 0.05) is 28.7 Å². The van der Waals surface area contributed by atoms with E-state index in [-0.39, 0.29) is 19.0 Å². The number of methoxy groups -OCH3 is 2. The monoisotopic (exact) mass is 629 g/mol. The molecular weight excluding hydrogens is 594 g/mol. The van der Waals surface area contributed by atoms with E-state index in [9.17, 15) is 9.59 Å². The van der Waals surface area contributed by atoms with Gasteiger partial charge in [0.1, 0.15) is 17.5 Å². The van der Waals surface area contributed by atoms with Crippen molar-refractivity contribution in [2.45, 2.75) is 46.6 Å². The average Bonchev–Trinajstić information content (AvgIpc) is 3.71. The van der Waals surface area contributed by atoms with Crippen LogP contribution in [0.4, 0.5) is 0 Å². The molecule has 0 N–H and O–H groups in total. The smallest absolute Gasteiger partial charge is 0.338 e. The zero-order valence-corrected chi connectivity index (χ0v) is 26.9. The lowest BCUT2D eigenvalue weighted by Crippen LogP contribution is -2.40. The third-order valence-corrected chi connectivity index (χ3v) is 8.98. The van der Waals surface area contributed by atoms with E-state index in [1.54, 1.807) is 43.9 Å². The molecule has 0 radical (unpaired) electrons. The molecule has 0 bridgehead atoms. The highest BCUT2D eigenvalue weighted by Crippen LogP contribution is 2.39. The van der Waals surface area contributed by atoms with Gasteiger partial charge in [0.05, 0.1) is 36.6 Å². The number of nitrogens with zero attached hydrogens (tertiary/aromatic N) is 3. The van der Waals surface area contributed by atoms with Crippen LogP contribution in [0.5, 0.6) is 23.0 Å². The molecule has 1 unspecified atom stereocenters. The van der Waals surface area contributed by atoms with Crippen molar-refractivity contribution in [2.24, 2.45) is 4.99 Å². The molecule has 10 nitrogen and oxygen atoms in total. The maximum Gasteiger partial charge on any atom is 0.338 e. The summed E-state index contributed by atoms with van der Waals surface area (Å²) < 4.78 is 32.1. The maximum absolute atomic E-state index is 14.3. The van der Waals surface area contributed by atoms with Crippen LogP contribution in [0, 0.1) is 13.8 Å². The van der Waals surface area contributed by atoms with Crippen molar-refractivity contribution in [2.75, 3.05) is 27.6 Å². The minimum atomic E-state index is -0.824.